The SMILES string of the molecule is CO[C@@H](C(=O)N1CCOC[C@@H]1C#N)c1ccccc1. The van der Waals surface area contributed by atoms with E-state index >= 15 is 0 Å². The van der Waals surface area contributed by atoms with Gasteiger partial charge in [0.15, 0.2) is 6.10 Å². The second kappa shape index (κ2) is 6.32. The Morgan fingerprint density at radius 2 is 2.26 bits per heavy atom. The normalized spacial score (nSPS) is 20.6. The molecule has 1 fully saturated rings. The van der Waals surface area contributed by atoms with Crippen molar-refractivity contribution in [2.45, 2.75) is 12.1 Å². The van der Waals surface area contributed by atoms with Gasteiger partial charge in [-0.25, -0.2) is 0 Å². The van der Waals surface area contributed by atoms with Crippen molar-refractivity contribution in [2.24, 2.45) is 0 Å². The third-order valence-electron chi connectivity index (χ3n) is 3.12. The second-order valence-corrected chi connectivity index (χ2v) is 4.28. The van der Waals surface area contributed by atoms with Gasteiger partial charge < -0.3 is 14.4 Å². The summed E-state index contributed by atoms with van der Waals surface area (Å²) in [5.74, 6) is -0.191. The lowest BCUT2D eigenvalue weighted by molar-refractivity contribution is -0.149. The molecule has 2 atom stereocenters. The highest BCUT2D eigenvalue weighted by atomic mass is 16.5. The van der Waals surface area contributed by atoms with Crippen LogP contribution in [-0.4, -0.2) is 43.7 Å². The van der Waals surface area contributed by atoms with Crippen LogP contribution in [0.5, 0.6) is 0 Å². The summed E-state index contributed by atoms with van der Waals surface area (Å²) < 4.78 is 10.5. The summed E-state index contributed by atoms with van der Waals surface area (Å²) in [6.07, 6.45) is -0.671. The lowest BCUT2D eigenvalue weighted by atomic mass is 10.1. The van der Waals surface area contributed by atoms with Gasteiger partial charge >= 0.3 is 0 Å². The number of hydrogen-bond donors (Lipinski definition) is 0. The monoisotopic (exact) mass is 260 g/mol. The highest BCUT2D eigenvalue weighted by Gasteiger charge is 2.32. The van der Waals surface area contributed by atoms with Gasteiger partial charge in [0.1, 0.15) is 6.04 Å². The van der Waals surface area contributed by atoms with Crippen molar-refractivity contribution in [1.29, 1.82) is 5.26 Å². The van der Waals surface area contributed by atoms with E-state index in [0.29, 0.717) is 13.2 Å². The number of nitriles is 1. The van der Waals surface area contributed by atoms with Gasteiger partial charge in [0.05, 0.1) is 19.3 Å². The number of rotatable bonds is 3. The topological polar surface area (TPSA) is 62.6 Å². The summed E-state index contributed by atoms with van der Waals surface area (Å²) >= 11 is 0. The Balaban J connectivity index is 2.19. The predicted octanol–water partition coefficient (Wildman–Crippen LogP) is 1.13. The van der Waals surface area contributed by atoms with Crippen LogP contribution < -0.4 is 0 Å². The molecule has 1 aromatic rings. The van der Waals surface area contributed by atoms with Crippen LogP contribution in [0.3, 0.4) is 0 Å². The first-order chi connectivity index (χ1) is 9.27. The average Bonchev–Trinajstić information content (AvgIpc) is 2.49. The van der Waals surface area contributed by atoms with Gasteiger partial charge in [-0.1, -0.05) is 30.3 Å². The summed E-state index contributed by atoms with van der Waals surface area (Å²) in [4.78, 5) is 14.0. The van der Waals surface area contributed by atoms with E-state index in [1.165, 1.54) is 12.0 Å². The van der Waals surface area contributed by atoms with Crippen molar-refractivity contribution < 1.29 is 14.3 Å². The molecule has 19 heavy (non-hydrogen) atoms. The van der Waals surface area contributed by atoms with E-state index in [1.807, 2.05) is 30.3 Å². The number of methoxy groups -OCH3 is 1. The largest absolute Gasteiger partial charge is 0.376 e. The van der Waals surface area contributed by atoms with Gasteiger partial charge in [-0.15, -0.1) is 0 Å². The lowest BCUT2D eigenvalue weighted by Gasteiger charge is -2.33. The highest BCUT2D eigenvalue weighted by molar-refractivity contribution is 5.83. The summed E-state index contributed by atoms with van der Waals surface area (Å²) in [7, 11) is 1.50. The quantitative estimate of drug-likeness (QED) is 0.817. The number of carbonyl (C=O) groups excluding carboxylic acids is 1. The summed E-state index contributed by atoms with van der Waals surface area (Å²) in [5.41, 5.74) is 0.790. The van der Waals surface area contributed by atoms with Gasteiger partial charge in [0.2, 0.25) is 0 Å². The first kappa shape index (κ1) is 13.5. The van der Waals surface area contributed by atoms with Gasteiger partial charge in [0, 0.05) is 13.7 Å². The molecule has 100 valence electrons. The van der Waals surface area contributed by atoms with Crippen LogP contribution in [0.4, 0.5) is 0 Å². The zero-order valence-corrected chi connectivity index (χ0v) is 10.8. The molecule has 0 saturated carbocycles. The third-order valence-corrected chi connectivity index (χ3v) is 3.12. The highest BCUT2D eigenvalue weighted by Crippen LogP contribution is 2.21. The second-order valence-electron chi connectivity index (χ2n) is 4.28. The number of amides is 1. The van der Waals surface area contributed by atoms with Crippen molar-refractivity contribution in [1.82, 2.24) is 4.90 Å². The van der Waals surface area contributed by atoms with Gasteiger partial charge in [-0.05, 0) is 5.56 Å². The molecular weight excluding hydrogens is 244 g/mol. The van der Waals surface area contributed by atoms with E-state index in [0.717, 1.165) is 5.56 Å². The Bertz CT molecular complexity index is 469. The van der Waals surface area contributed by atoms with Gasteiger partial charge in [-0.2, -0.15) is 5.26 Å². The fourth-order valence-corrected chi connectivity index (χ4v) is 2.13. The van der Waals surface area contributed by atoms with Crippen molar-refractivity contribution in [3.8, 4) is 6.07 Å². The lowest BCUT2D eigenvalue weighted by Crippen LogP contribution is -2.49. The van der Waals surface area contributed by atoms with Crippen LogP contribution in [0.25, 0.3) is 0 Å². The van der Waals surface area contributed by atoms with Crippen LogP contribution in [0, 0.1) is 11.3 Å². The molecule has 0 radical (unpaired) electrons. The average molecular weight is 260 g/mol. The Hall–Kier alpha value is -1.90. The smallest absolute Gasteiger partial charge is 0.257 e. The Labute approximate surface area is 112 Å². The Morgan fingerprint density at radius 1 is 1.53 bits per heavy atom. The minimum absolute atomic E-state index is 0.191. The zero-order valence-electron chi connectivity index (χ0n) is 10.8. The molecule has 1 aliphatic rings. The van der Waals surface area contributed by atoms with E-state index in [4.69, 9.17) is 14.7 Å². The zero-order chi connectivity index (χ0) is 13.7. The molecular formula is C14H16N2O3. The number of benzene rings is 1. The van der Waals surface area contributed by atoms with Crippen molar-refractivity contribution in [3.05, 3.63) is 35.9 Å². The standard InChI is InChI=1S/C14H16N2O3/c1-18-13(11-5-3-2-4-6-11)14(17)16-7-8-19-10-12(16)9-15/h2-6,12-13H,7-8,10H2,1H3/t12-,13+/m0/s1. The maximum absolute atomic E-state index is 12.5. The molecule has 0 bridgehead atoms. The van der Waals surface area contributed by atoms with E-state index < -0.39 is 12.1 Å². The molecule has 0 unspecified atom stereocenters. The number of carbonyl (C=O) groups is 1. The molecule has 2 rings (SSSR count). The molecule has 5 heteroatoms. The van der Waals surface area contributed by atoms with Crippen LogP contribution in [0.2, 0.25) is 0 Å². The number of morpholine rings is 1. The number of hydrogen-bond acceptors (Lipinski definition) is 4. The molecule has 1 heterocycles. The maximum atomic E-state index is 12.5. The van der Waals surface area contributed by atoms with E-state index in [2.05, 4.69) is 6.07 Å². The minimum atomic E-state index is -0.671. The van der Waals surface area contributed by atoms with E-state index in [-0.39, 0.29) is 12.5 Å². The number of ether oxygens (including phenoxy) is 2. The fourth-order valence-electron chi connectivity index (χ4n) is 2.13. The summed E-state index contributed by atoms with van der Waals surface area (Å²) in [5, 5.41) is 9.07. The molecule has 1 saturated heterocycles. The number of nitrogens with zero attached hydrogens (tertiary/aromatic N) is 2. The van der Waals surface area contributed by atoms with Crippen LogP contribution in [-0.2, 0) is 14.3 Å². The fraction of sp³-hybridized carbons (Fsp3) is 0.429. The molecule has 0 spiro atoms. The van der Waals surface area contributed by atoms with Crippen molar-refractivity contribution in [2.75, 3.05) is 26.9 Å². The van der Waals surface area contributed by atoms with Gasteiger partial charge in [-0.3, -0.25) is 4.79 Å². The van der Waals surface area contributed by atoms with Crippen LogP contribution in [0.1, 0.15) is 11.7 Å². The first-order valence-electron chi connectivity index (χ1n) is 6.13. The molecule has 0 aromatic heterocycles. The third kappa shape index (κ3) is 2.92. The molecule has 1 aliphatic heterocycles. The molecule has 0 aliphatic carbocycles. The van der Waals surface area contributed by atoms with Crippen LogP contribution in [0.15, 0.2) is 30.3 Å². The Morgan fingerprint density at radius 3 is 2.89 bits per heavy atom. The predicted molar refractivity (Wildman–Crippen MR) is 68.1 cm³/mol. The van der Waals surface area contributed by atoms with E-state index in [9.17, 15) is 4.79 Å². The molecule has 0 N–H and O–H groups in total. The van der Waals surface area contributed by atoms with Crippen molar-refractivity contribution in [3.63, 3.8) is 0 Å². The summed E-state index contributed by atoms with van der Waals surface area (Å²) in [6.45, 7) is 1.13. The minimum Gasteiger partial charge on any atom is -0.376 e. The Kier molecular flexibility index (Phi) is 4.50. The molecule has 1 aromatic carbocycles. The van der Waals surface area contributed by atoms with Crippen LogP contribution >= 0.6 is 0 Å². The van der Waals surface area contributed by atoms with Gasteiger partial charge in [0.25, 0.3) is 5.91 Å². The van der Waals surface area contributed by atoms with Crippen molar-refractivity contribution >= 4 is 5.91 Å². The molecule has 5 nitrogen and oxygen atoms in total. The van der Waals surface area contributed by atoms with E-state index in [1.54, 1.807) is 0 Å². The molecule has 1 amide bonds. The summed E-state index contributed by atoms with van der Waals surface area (Å²) in [6, 6.07) is 10.8. The maximum Gasteiger partial charge on any atom is 0.257 e. The first-order valence-corrected chi connectivity index (χ1v) is 6.13.